The van der Waals surface area contributed by atoms with Crippen molar-refractivity contribution in [2.24, 2.45) is 5.92 Å². The van der Waals surface area contributed by atoms with Crippen molar-refractivity contribution in [2.75, 3.05) is 20.3 Å². The Morgan fingerprint density at radius 2 is 2.00 bits per heavy atom. The summed E-state index contributed by atoms with van der Waals surface area (Å²) < 4.78 is 13.5. The molecule has 3 aromatic rings. The van der Waals surface area contributed by atoms with Crippen LogP contribution in [-0.4, -0.2) is 51.5 Å². The number of hydrogen-bond donors (Lipinski definition) is 1. The molecule has 0 bridgehead atoms. The summed E-state index contributed by atoms with van der Waals surface area (Å²) in [6, 6.07) is 14.4. The van der Waals surface area contributed by atoms with E-state index in [1.165, 1.54) is 11.3 Å². The predicted molar refractivity (Wildman–Crippen MR) is 115 cm³/mol. The van der Waals surface area contributed by atoms with Gasteiger partial charge in [-0.3, -0.25) is 19.4 Å². The number of carbonyl (C=O) groups is 1. The fourth-order valence-electron chi connectivity index (χ4n) is 3.70. The molecule has 0 saturated heterocycles. The zero-order valence-electron chi connectivity index (χ0n) is 17.6. The number of methoxy groups -OCH3 is 1. The molecule has 1 atom stereocenters. The number of carboxylic acid groups (broad SMARTS) is 1. The summed E-state index contributed by atoms with van der Waals surface area (Å²) in [5, 5.41) is 11.4. The molecule has 1 aliphatic rings. The molecule has 1 aromatic carbocycles. The third-order valence-corrected chi connectivity index (χ3v) is 5.02. The molecule has 8 heteroatoms. The minimum Gasteiger partial charge on any atom is -0.497 e. The molecule has 1 unspecified atom stereocenters. The van der Waals surface area contributed by atoms with Crippen molar-refractivity contribution in [1.29, 1.82) is 0 Å². The van der Waals surface area contributed by atoms with E-state index in [4.69, 9.17) is 19.4 Å². The topological polar surface area (TPSA) is 89.7 Å². The second kappa shape index (κ2) is 11.8. The Bertz CT molecular complexity index is 932. The first-order valence-corrected chi connectivity index (χ1v) is 10.1. The van der Waals surface area contributed by atoms with E-state index < -0.39 is 0 Å². The summed E-state index contributed by atoms with van der Waals surface area (Å²) >= 11 is 0. The molecule has 3 heterocycles. The lowest BCUT2D eigenvalue weighted by Crippen LogP contribution is -2.30. The van der Waals surface area contributed by atoms with Crippen LogP contribution in [0.1, 0.15) is 16.8 Å². The third-order valence-electron chi connectivity index (χ3n) is 5.02. The zero-order valence-corrected chi connectivity index (χ0v) is 17.6. The molecule has 2 aromatic heterocycles. The highest BCUT2D eigenvalue weighted by Crippen LogP contribution is 2.20. The molecule has 0 spiro atoms. The lowest BCUT2D eigenvalue weighted by atomic mass is 10.1. The first-order valence-electron chi connectivity index (χ1n) is 10.1. The maximum absolute atomic E-state index is 8.36. The molecule has 0 radical (unpaired) electrons. The second-order valence-corrected chi connectivity index (χ2v) is 7.37. The van der Waals surface area contributed by atoms with Crippen LogP contribution in [0.2, 0.25) is 0 Å². The average Bonchev–Trinajstić information content (AvgIpc) is 3.14. The van der Waals surface area contributed by atoms with E-state index in [1.807, 2.05) is 36.7 Å². The van der Waals surface area contributed by atoms with Gasteiger partial charge in [0.25, 0.3) is 6.47 Å². The minimum absolute atomic E-state index is 0.250. The Morgan fingerprint density at radius 3 is 2.77 bits per heavy atom. The lowest BCUT2D eigenvalue weighted by Gasteiger charge is -2.24. The van der Waals surface area contributed by atoms with Crippen LogP contribution in [0, 0.1) is 5.92 Å². The van der Waals surface area contributed by atoms with Gasteiger partial charge in [-0.15, -0.1) is 0 Å². The highest BCUT2D eigenvalue weighted by molar-refractivity contribution is 5.32. The van der Waals surface area contributed by atoms with Crippen molar-refractivity contribution in [3.8, 4) is 5.75 Å². The normalized spacial score (nSPS) is 15.8. The molecule has 0 aliphatic carbocycles. The van der Waals surface area contributed by atoms with E-state index in [0.29, 0.717) is 19.1 Å². The van der Waals surface area contributed by atoms with Gasteiger partial charge in [-0.1, -0.05) is 18.2 Å². The summed E-state index contributed by atoms with van der Waals surface area (Å²) in [7, 11) is 1.71. The Balaban J connectivity index is 0.000000858. The van der Waals surface area contributed by atoms with Crippen LogP contribution < -0.4 is 4.74 Å². The lowest BCUT2D eigenvalue weighted by molar-refractivity contribution is -0.122. The summed E-state index contributed by atoms with van der Waals surface area (Å²) in [5.74, 6) is 1.28. The van der Waals surface area contributed by atoms with Gasteiger partial charge in [-0.25, -0.2) is 0 Å². The van der Waals surface area contributed by atoms with Gasteiger partial charge >= 0.3 is 0 Å². The maximum Gasteiger partial charge on any atom is 0.290 e. The smallest absolute Gasteiger partial charge is 0.290 e. The highest BCUT2D eigenvalue weighted by atomic mass is 16.5. The number of rotatable bonds is 7. The van der Waals surface area contributed by atoms with Gasteiger partial charge in [-0.2, -0.15) is 5.10 Å². The fraction of sp³-hybridized carbons (Fsp3) is 0.348. The van der Waals surface area contributed by atoms with Crippen LogP contribution in [-0.2, 0) is 35.8 Å². The Morgan fingerprint density at radius 1 is 1.16 bits per heavy atom. The molecule has 0 amide bonds. The summed E-state index contributed by atoms with van der Waals surface area (Å²) in [5.41, 5.74) is 3.60. The number of pyridine rings is 1. The second-order valence-electron chi connectivity index (χ2n) is 7.37. The number of nitrogens with zero attached hydrogens (tertiary/aromatic N) is 4. The van der Waals surface area contributed by atoms with Crippen molar-refractivity contribution >= 4 is 6.47 Å². The van der Waals surface area contributed by atoms with Crippen molar-refractivity contribution < 1.29 is 19.4 Å². The monoisotopic (exact) mass is 424 g/mol. The van der Waals surface area contributed by atoms with Crippen molar-refractivity contribution in [3.05, 3.63) is 77.9 Å². The summed E-state index contributed by atoms with van der Waals surface area (Å²) in [6.45, 7) is 4.64. The first-order chi connectivity index (χ1) is 15.2. The fourth-order valence-corrected chi connectivity index (χ4v) is 3.70. The van der Waals surface area contributed by atoms with Gasteiger partial charge in [0, 0.05) is 50.7 Å². The number of aromatic nitrogens is 3. The molecule has 1 aliphatic heterocycles. The van der Waals surface area contributed by atoms with Crippen LogP contribution in [0.3, 0.4) is 0 Å². The summed E-state index contributed by atoms with van der Waals surface area (Å²) in [4.78, 5) is 15.0. The Labute approximate surface area is 182 Å². The standard InChI is InChI=1S/C22H26N4O2.CH2O2/c1-27-22-6-2-4-18(10-22)12-25-13-20(14-26-21(15-25)7-9-24-26)17-28-16-19-5-3-8-23-11-19;2-1-3/h2-11,20H,12-17H2,1H3;1H,(H,2,3). The van der Waals surface area contributed by atoms with Gasteiger partial charge in [0.05, 0.1) is 26.0 Å². The van der Waals surface area contributed by atoms with Crippen molar-refractivity contribution in [1.82, 2.24) is 19.7 Å². The van der Waals surface area contributed by atoms with Gasteiger partial charge in [0.15, 0.2) is 0 Å². The SMILES string of the molecule is COc1cccc(CN2Cc3ccnn3CC(COCc3cccnc3)C2)c1.O=CO. The molecule has 1 N–H and O–H groups in total. The van der Waals surface area contributed by atoms with Crippen LogP contribution in [0.25, 0.3) is 0 Å². The van der Waals surface area contributed by atoms with E-state index in [0.717, 1.165) is 37.5 Å². The molecule has 31 heavy (non-hydrogen) atoms. The number of benzene rings is 1. The quantitative estimate of drug-likeness (QED) is 0.583. The molecule has 8 nitrogen and oxygen atoms in total. The third kappa shape index (κ3) is 6.91. The van der Waals surface area contributed by atoms with Gasteiger partial charge in [0.1, 0.15) is 5.75 Å². The highest BCUT2D eigenvalue weighted by Gasteiger charge is 2.22. The average molecular weight is 425 g/mol. The van der Waals surface area contributed by atoms with Gasteiger partial charge in [0.2, 0.25) is 0 Å². The van der Waals surface area contributed by atoms with Crippen LogP contribution in [0.5, 0.6) is 5.75 Å². The molecule has 0 fully saturated rings. The first kappa shape index (κ1) is 22.5. The maximum atomic E-state index is 8.36. The van der Waals surface area contributed by atoms with E-state index in [2.05, 4.69) is 37.9 Å². The predicted octanol–water partition coefficient (Wildman–Crippen LogP) is 2.84. The molecule has 4 rings (SSSR count). The van der Waals surface area contributed by atoms with E-state index in [1.54, 1.807) is 13.3 Å². The van der Waals surface area contributed by atoms with Crippen molar-refractivity contribution in [2.45, 2.75) is 26.2 Å². The molecular formula is C23H28N4O4. The number of hydrogen-bond acceptors (Lipinski definition) is 6. The Kier molecular flexibility index (Phi) is 8.57. The van der Waals surface area contributed by atoms with Crippen LogP contribution in [0.4, 0.5) is 0 Å². The van der Waals surface area contributed by atoms with Crippen LogP contribution in [0.15, 0.2) is 61.1 Å². The molecule has 164 valence electrons. The molecule has 0 saturated carbocycles. The number of ether oxygens (including phenoxy) is 2. The Hall–Kier alpha value is -3.23. The zero-order chi connectivity index (χ0) is 21.9. The largest absolute Gasteiger partial charge is 0.497 e. The number of fused-ring (bicyclic) bond motifs is 1. The van der Waals surface area contributed by atoms with Gasteiger partial charge < -0.3 is 14.6 Å². The van der Waals surface area contributed by atoms with Crippen LogP contribution >= 0.6 is 0 Å². The summed E-state index contributed by atoms with van der Waals surface area (Å²) in [6.07, 6.45) is 5.52. The van der Waals surface area contributed by atoms with Crippen molar-refractivity contribution in [3.63, 3.8) is 0 Å². The minimum atomic E-state index is -0.250. The van der Waals surface area contributed by atoms with E-state index in [9.17, 15) is 0 Å². The van der Waals surface area contributed by atoms with E-state index >= 15 is 0 Å². The van der Waals surface area contributed by atoms with E-state index in [-0.39, 0.29) is 6.47 Å². The van der Waals surface area contributed by atoms with Gasteiger partial charge in [-0.05, 0) is 35.4 Å². The molecular weight excluding hydrogens is 396 g/mol.